The zero-order valence-electron chi connectivity index (χ0n) is 12.6. The van der Waals surface area contributed by atoms with Crippen LogP contribution < -0.4 is 9.47 Å². The molecule has 0 bridgehead atoms. The first-order valence-corrected chi connectivity index (χ1v) is 7.55. The number of rotatable bonds is 6. The Morgan fingerprint density at radius 2 is 2.22 bits per heavy atom. The maximum absolute atomic E-state index is 11.9. The highest BCUT2D eigenvalue weighted by Crippen LogP contribution is 2.25. The van der Waals surface area contributed by atoms with Crippen LogP contribution in [-0.4, -0.2) is 29.7 Å². The fourth-order valence-electron chi connectivity index (χ4n) is 1.80. The van der Waals surface area contributed by atoms with Crippen LogP contribution in [0.3, 0.4) is 0 Å². The third-order valence-electron chi connectivity index (χ3n) is 2.87. The molecule has 0 atom stereocenters. The molecule has 0 radical (unpaired) electrons. The first-order chi connectivity index (χ1) is 11.0. The van der Waals surface area contributed by atoms with E-state index < -0.39 is 5.97 Å². The quantitative estimate of drug-likeness (QED) is 0.631. The van der Waals surface area contributed by atoms with E-state index in [1.807, 2.05) is 6.07 Å². The fourth-order valence-corrected chi connectivity index (χ4v) is 2.23. The van der Waals surface area contributed by atoms with E-state index >= 15 is 0 Å². The Morgan fingerprint density at radius 1 is 1.43 bits per heavy atom. The van der Waals surface area contributed by atoms with Crippen LogP contribution in [0.4, 0.5) is 0 Å². The van der Waals surface area contributed by atoms with Gasteiger partial charge >= 0.3 is 5.97 Å². The Hall–Kier alpha value is -2.12. The average Bonchev–Trinajstić information content (AvgIpc) is 2.53. The molecule has 0 amide bonds. The molecule has 2 rings (SSSR count). The summed E-state index contributed by atoms with van der Waals surface area (Å²) in [5.74, 6) is 0.246. The van der Waals surface area contributed by atoms with E-state index in [1.165, 1.54) is 6.20 Å². The second-order valence-electron chi connectivity index (χ2n) is 4.41. The number of hydrogen-bond acceptors (Lipinski definition) is 6. The predicted octanol–water partition coefficient (Wildman–Crippen LogP) is 3.56. The molecule has 122 valence electrons. The van der Waals surface area contributed by atoms with Gasteiger partial charge in [-0.05, 0) is 36.8 Å². The maximum Gasteiger partial charge on any atom is 0.345 e. The topological polar surface area (TPSA) is 73.4 Å². The van der Waals surface area contributed by atoms with Gasteiger partial charge in [-0.25, -0.2) is 9.78 Å². The van der Waals surface area contributed by atoms with Crippen LogP contribution in [-0.2, 0) is 11.3 Å². The van der Waals surface area contributed by atoms with Gasteiger partial charge in [-0.3, -0.25) is 0 Å². The van der Waals surface area contributed by atoms with Crippen LogP contribution in [0.2, 0.25) is 5.02 Å². The number of benzene rings is 1. The van der Waals surface area contributed by atoms with E-state index in [1.54, 1.807) is 26.2 Å². The highest BCUT2D eigenvalue weighted by atomic mass is 35.5. The minimum atomic E-state index is -0.533. The normalized spacial score (nSPS) is 10.2. The third kappa shape index (κ3) is 4.43. The number of carbonyl (C=O) groups is 1. The number of nitrogens with one attached hydrogen (secondary N) is 1. The molecule has 0 aliphatic heterocycles. The zero-order chi connectivity index (χ0) is 16.8. The molecule has 0 spiro atoms. The van der Waals surface area contributed by atoms with Gasteiger partial charge < -0.3 is 19.2 Å². The van der Waals surface area contributed by atoms with Gasteiger partial charge in [-0.15, -0.1) is 0 Å². The minimum Gasteiger partial charge on any atom is -0.495 e. The summed E-state index contributed by atoms with van der Waals surface area (Å²) in [7, 11) is 1.54. The van der Waals surface area contributed by atoms with Gasteiger partial charge in [0.25, 0.3) is 0 Å². The van der Waals surface area contributed by atoms with Gasteiger partial charge in [0.2, 0.25) is 5.88 Å². The summed E-state index contributed by atoms with van der Waals surface area (Å²) < 4.78 is 15.9. The molecule has 2 aromatic rings. The van der Waals surface area contributed by atoms with Gasteiger partial charge in [-0.2, -0.15) is 0 Å². The second-order valence-corrected chi connectivity index (χ2v) is 5.20. The lowest BCUT2D eigenvalue weighted by atomic mass is 10.2. The number of methoxy groups -OCH3 is 1. The van der Waals surface area contributed by atoms with Crippen molar-refractivity contribution < 1.29 is 19.0 Å². The van der Waals surface area contributed by atoms with Crippen molar-refractivity contribution in [2.45, 2.75) is 13.5 Å². The SMILES string of the molecule is CCOC(=O)c1cnc(=S)[nH]c1OCc1ccc(OC)c(Cl)c1. The van der Waals surface area contributed by atoms with Crippen LogP contribution in [0.25, 0.3) is 0 Å². The molecule has 1 N–H and O–H groups in total. The van der Waals surface area contributed by atoms with Crippen molar-refractivity contribution in [3.63, 3.8) is 0 Å². The molecular weight excluding hydrogens is 340 g/mol. The molecule has 0 saturated heterocycles. The van der Waals surface area contributed by atoms with Crippen molar-refractivity contribution in [2.24, 2.45) is 0 Å². The first kappa shape index (κ1) is 17.2. The van der Waals surface area contributed by atoms with Gasteiger partial charge in [0, 0.05) is 0 Å². The number of H-pyrrole nitrogens is 1. The standard InChI is InChI=1S/C15H15ClN2O4S/c1-3-21-14(19)10-7-17-15(23)18-13(10)22-8-9-4-5-12(20-2)11(16)6-9/h4-7H,3,8H2,1-2H3,(H,17,18,23). The maximum atomic E-state index is 11.9. The van der Waals surface area contributed by atoms with Crippen molar-refractivity contribution in [1.82, 2.24) is 9.97 Å². The molecule has 23 heavy (non-hydrogen) atoms. The summed E-state index contributed by atoms with van der Waals surface area (Å²) in [5.41, 5.74) is 0.988. The summed E-state index contributed by atoms with van der Waals surface area (Å²) in [6, 6.07) is 5.27. The molecule has 0 fully saturated rings. The smallest absolute Gasteiger partial charge is 0.345 e. The van der Waals surface area contributed by atoms with Crippen molar-refractivity contribution in [3.05, 3.63) is 45.3 Å². The summed E-state index contributed by atoms with van der Waals surface area (Å²) in [5, 5.41) is 0.474. The van der Waals surface area contributed by atoms with Crippen molar-refractivity contribution in [2.75, 3.05) is 13.7 Å². The van der Waals surface area contributed by atoms with E-state index in [2.05, 4.69) is 9.97 Å². The molecule has 1 aromatic heterocycles. The predicted molar refractivity (Wildman–Crippen MR) is 87.7 cm³/mol. The van der Waals surface area contributed by atoms with E-state index in [9.17, 15) is 4.79 Å². The number of aromatic nitrogens is 2. The number of hydrogen-bond donors (Lipinski definition) is 1. The summed E-state index contributed by atoms with van der Waals surface area (Å²) in [6.07, 6.45) is 1.33. The van der Waals surface area contributed by atoms with E-state index in [0.717, 1.165) is 5.56 Å². The average molecular weight is 355 g/mol. The molecule has 1 aromatic carbocycles. The third-order valence-corrected chi connectivity index (χ3v) is 3.37. The monoisotopic (exact) mass is 354 g/mol. The number of nitrogens with zero attached hydrogens (tertiary/aromatic N) is 1. The summed E-state index contributed by atoms with van der Waals surface area (Å²) in [4.78, 5) is 18.5. The number of carbonyl (C=O) groups excluding carboxylic acids is 1. The van der Waals surface area contributed by atoms with Crippen LogP contribution in [0.1, 0.15) is 22.8 Å². The van der Waals surface area contributed by atoms with E-state index in [0.29, 0.717) is 10.8 Å². The number of ether oxygens (including phenoxy) is 3. The Labute approximate surface area is 143 Å². The van der Waals surface area contributed by atoms with Gasteiger partial charge in [0.15, 0.2) is 4.77 Å². The Balaban J connectivity index is 2.19. The lowest BCUT2D eigenvalue weighted by Crippen LogP contribution is -2.10. The highest BCUT2D eigenvalue weighted by molar-refractivity contribution is 7.71. The first-order valence-electron chi connectivity index (χ1n) is 6.76. The molecule has 0 aliphatic carbocycles. The van der Waals surface area contributed by atoms with Crippen LogP contribution >= 0.6 is 23.8 Å². The molecule has 6 nitrogen and oxygen atoms in total. The summed E-state index contributed by atoms with van der Waals surface area (Å²) >= 11 is 11.0. The van der Waals surface area contributed by atoms with E-state index in [4.69, 9.17) is 38.0 Å². The molecule has 1 heterocycles. The van der Waals surface area contributed by atoms with Crippen LogP contribution in [0.15, 0.2) is 24.4 Å². The minimum absolute atomic E-state index is 0.181. The van der Waals surface area contributed by atoms with Crippen molar-refractivity contribution in [1.29, 1.82) is 0 Å². The molecule has 0 saturated carbocycles. The zero-order valence-corrected chi connectivity index (χ0v) is 14.2. The Morgan fingerprint density at radius 3 is 2.87 bits per heavy atom. The van der Waals surface area contributed by atoms with Gasteiger partial charge in [0.05, 0.1) is 24.9 Å². The molecule has 8 heteroatoms. The fraction of sp³-hybridized carbons (Fsp3) is 0.267. The van der Waals surface area contributed by atoms with Crippen LogP contribution in [0, 0.1) is 4.77 Å². The largest absolute Gasteiger partial charge is 0.495 e. The van der Waals surface area contributed by atoms with Gasteiger partial charge in [0.1, 0.15) is 17.9 Å². The molecule has 0 unspecified atom stereocenters. The number of aromatic amines is 1. The molecular formula is C15H15ClN2O4S. The van der Waals surface area contributed by atoms with Crippen LogP contribution in [0.5, 0.6) is 11.6 Å². The highest BCUT2D eigenvalue weighted by Gasteiger charge is 2.15. The molecule has 0 aliphatic rings. The van der Waals surface area contributed by atoms with Crippen molar-refractivity contribution in [3.8, 4) is 11.6 Å². The van der Waals surface area contributed by atoms with Crippen molar-refractivity contribution >= 4 is 29.8 Å². The summed E-state index contributed by atoms with van der Waals surface area (Å²) in [6.45, 7) is 2.16. The second kappa shape index (κ2) is 7.94. The Bertz CT molecular complexity index is 763. The van der Waals surface area contributed by atoms with Gasteiger partial charge in [-0.1, -0.05) is 17.7 Å². The number of esters is 1. The number of halogens is 1. The Kier molecular flexibility index (Phi) is 5.95. The lowest BCUT2D eigenvalue weighted by molar-refractivity contribution is 0.0519. The lowest BCUT2D eigenvalue weighted by Gasteiger charge is -2.11. The van der Waals surface area contributed by atoms with E-state index in [-0.39, 0.29) is 29.4 Å².